The molecule has 0 aromatic heterocycles. The van der Waals surface area contributed by atoms with Crippen molar-refractivity contribution in [1.29, 1.82) is 0 Å². The Morgan fingerprint density at radius 2 is 2.25 bits per heavy atom. The number of allylic oxidation sites excluding steroid dienone is 4. The minimum Gasteiger partial charge on any atom is -0.347 e. The number of amides is 1. The van der Waals surface area contributed by atoms with Gasteiger partial charge in [-0.2, -0.15) is 0 Å². The molecule has 84 valence electrons. The highest BCUT2D eigenvalue weighted by atomic mass is 16.2. The molecule has 3 nitrogen and oxygen atoms in total. The van der Waals surface area contributed by atoms with Crippen molar-refractivity contribution < 1.29 is 9.59 Å². The molecule has 2 unspecified atom stereocenters. The minimum atomic E-state index is -0.347. The Morgan fingerprint density at radius 3 is 2.69 bits per heavy atom. The molecule has 0 aromatic carbocycles. The molecule has 0 saturated carbocycles. The van der Waals surface area contributed by atoms with E-state index in [1.54, 1.807) is 18.2 Å². The molecule has 0 aliphatic carbocycles. The highest BCUT2D eigenvalue weighted by molar-refractivity contribution is 6.81. The number of carbonyl (C=O) groups excluding carboxylic acids is 2. The monoisotopic (exact) mass is 217 g/mol. The Morgan fingerprint density at radius 1 is 1.56 bits per heavy atom. The molecule has 1 amide bonds. The van der Waals surface area contributed by atoms with Crippen LogP contribution in [-0.4, -0.2) is 24.9 Å². The van der Waals surface area contributed by atoms with E-state index >= 15 is 0 Å². The first kappa shape index (κ1) is 12.5. The fourth-order valence-electron chi connectivity index (χ4n) is 1.84. The Kier molecular flexibility index (Phi) is 4.29. The van der Waals surface area contributed by atoms with Gasteiger partial charge in [-0.25, -0.2) is 0 Å². The maximum atomic E-state index is 11.9. The third-order valence-corrected chi connectivity index (χ3v) is 2.71. The molecular formula is C12H16BNO2. The number of nitrogens with one attached hydrogen (secondary N) is 1. The van der Waals surface area contributed by atoms with E-state index in [4.69, 9.17) is 0 Å². The molecule has 1 rings (SSSR count). The molecule has 0 spiro atoms. The van der Waals surface area contributed by atoms with Crippen molar-refractivity contribution in [3.05, 3.63) is 36.9 Å². The topological polar surface area (TPSA) is 46.2 Å². The smallest absolute Gasteiger partial charge is 0.241 e. The van der Waals surface area contributed by atoms with Crippen LogP contribution in [0.4, 0.5) is 0 Å². The lowest BCUT2D eigenvalue weighted by Gasteiger charge is -2.13. The van der Waals surface area contributed by atoms with E-state index < -0.39 is 0 Å². The van der Waals surface area contributed by atoms with Crippen molar-refractivity contribution in [2.24, 2.45) is 5.92 Å². The van der Waals surface area contributed by atoms with Crippen LogP contribution in [0.25, 0.3) is 0 Å². The molecule has 1 heterocycles. The summed E-state index contributed by atoms with van der Waals surface area (Å²) in [4.78, 5) is 23.0. The third-order valence-electron chi connectivity index (χ3n) is 2.71. The van der Waals surface area contributed by atoms with Crippen molar-refractivity contribution in [2.45, 2.75) is 19.4 Å². The van der Waals surface area contributed by atoms with Crippen molar-refractivity contribution in [1.82, 2.24) is 5.32 Å². The Balaban J connectivity index is 2.65. The van der Waals surface area contributed by atoms with Gasteiger partial charge in [0, 0.05) is 6.42 Å². The van der Waals surface area contributed by atoms with Crippen LogP contribution in [0.5, 0.6) is 0 Å². The molecule has 4 heteroatoms. The number of carbonyl (C=O) groups is 2. The molecule has 1 N–H and O–H groups in total. The summed E-state index contributed by atoms with van der Waals surface area (Å²) in [6, 6.07) is -0.347. The van der Waals surface area contributed by atoms with E-state index in [0.717, 1.165) is 5.47 Å². The molecule has 2 atom stereocenters. The van der Waals surface area contributed by atoms with Crippen molar-refractivity contribution in [2.75, 3.05) is 0 Å². The van der Waals surface area contributed by atoms with Crippen LogP contribution in [0.1, 0.15) is 13.3 Å². The van der Waals surface area contributed by atoms with Gasteiger partial charge < -0.3 is 10.1 Å². The quantitative estimate of drug-likeness (QED) is 0.545. The van der Waals surface area contributed by atoms with Crippen LogP contribution < -0.4 is 5.32 Å². The number of hydrogen-bond acceptors (Lipinski definition) is 2. The van der Waals surface area contributed by atoms with Gasteiger partial charge in [-0.05, 0) is 5.92 Å². The van der Waals surface area contributed by atoms with Gasteiger partial charge in [-0.3, -0.25) is 4.79 Å². The first-order valence-electron chi connectivity index (χ1n) is 5.34. The van der Waals surface area contributed by atoms with Gasteiger partial charge in [0.15, 0.2) is 0 Å². The molecule has 1 fully saturated rings. The molecule has 0 bridgehead atoms. The largest absolute Gasteiger partial charge is 0.347 e. The summed E-state index contributed by atoms with van der Waals surface area (Å²) in [5.41, 5.74) is 0.861. The molecule has 1 aliphatic rings. The Bertz CT molecular complexity index is 360. The first-order valence-corrected chi connectivity index (χ1v) is 5.34. The summed E-state index contributed by atoms with van der Waals surface area (Å²) in [6.07, 6.45) is 5.46. The zero-order chi connectivity index (χ0) is 12.1. The van der Waals surface area contributed by atoms with Gasteiger partial charge in [0.05, 0.1) is 6.04 Å². The highest BCUT2D eigenvalue weighted by Crippen LogP contribution is 2.16. The highest BCUT2D eigenvalue weighted by Gasteiger charge is 2.33. The van der Waals surface area contributed by atoms with Crippen molar-refractivity contribution >= 4 is 18.9 Å². The predicted octanol–water partition coefficient (Wildman–Crippen LogP) is 0.730. The van der Waals surface area contributed by atoms with E-state index in [9.17, 15) is 9.59 Å². The van der Waals surface area contributed by atoms with Crippen molar-refractivity contribution in [3.63, 3.8) is 0 Å². The zero-order valence-corrected chi connectivity index (χ0v) is 9.53. The lowest BCUT2D eigenvalue weighted by molar-refractivity contribution is -0.121. The SMILES string of the molecule is C=C/C=C(/BC(=O)C1NC(=O)CC1C)C=C. The summed E-state index contributed by atoms with van der Waals surface area (Å²) in [7, 11) is 0.296. The lowest BCUT2D eigenvalue weighted by Crippen LogP contribution is -2.39. The van der Waals surface area contributed by atoms with Crippen LogP contribution in [0.15, 0.2) is 36.9 Å². The summed E-state index contributed by atoms with van der Waals surface area (Å²) in [5.74, 6) is 0.0356. The van der Waals surface area contributed by atoms with E-state index in [0.29, 0.717) is 13.7 Å². The minimum absolute atomic E-state index is 0.0337. The maximum Gasteiger partial charge on any atom is 0.241 e. The van der Waals surface area contributed by atoms with Crippen LogP contribution >= 0.6 is 0 Å². The normalized spacial score (nSPS) is 24.8. The van der Waals surface area contributed by atoms with Crippen LogP contribution in [-0.2, 0) is 9.59 Å². The fraction of sp³-hybridized carbons (Fsp3) is 0.333. The van der Waals surface area contributed by atoms with Gasteiger partial charge in [0.2, 0.25) is 13.2 Å². The molecule has 0 radical (unpaired) electrons. The number of rotatable bonds is 5. The zero-order valence-electron chi connectivity index (χ0n) is 9.53. The average Bonchev–Trinajstić information content (AvgIpc) is 2.57. The van der Waals surface area contributed by atoms with Gasteiger partial charge in [-0.15, -0.1) is 0 Å². The van der Waals surface area contributed by atoms with Gasteiger partial charge in [-0.1, -0.05) is 43.8 Å². The average molecular weight is 217 g/mol. The van der Waals surface area contributed by atoms with E-state index in [2.05, 4.69) is 18.5 Å². The molecular weight excluding hydrogens is 201 g/mol. The van der Waals surface area contributed by atoms with Gasteiger partial charge >= 0.3 is 0 Å². The van der Waals surface area contributed by atoms with E-state index in [1.807, 2.05) is 6.92 Å². The summed E-state index contributed by atoms with van der Waals surface area (Å²) in [6.45, 7) is 9.12. The summed E-state index contributed by atoms with van der Waals surface area (Å²) in [5, 5.41) is 2.70. The summed E-state index contributed by atoms with van der Waals surface area (Å²) >= 11 is 0. The Hall–Kier alpha value is -1.58. The van der Waals surface area contributed by atoms with Gasteiger partial charge in [0.25, 0.3) is 0 Å². The second-order valence-corrected chi connectivity index (χ2v) is 4.05. The molecule has 16 heavy (non-hydrogen) atoms. The second kappa shape index (κ2) is 5.49. The fourth-order valence-corrected chi connectivity index (χ4v) is 1.84. The predicted molar refractivity (Wildman–Crippen MR) is 66.3 cm³/mol. The van der Waals surface area contributed by atoms with Crippen molar-refractivity contribution in [3.8, 4) is 0 Å². The van der Waals surface area contributed by atoms with E-state index in [-0.39, 0.29) is 23.5 Å². The first-order chi connectivity index (χ1) is 7.58. The molecule has 0 aromatic rings. The van der Waals surface area contributed by atoms with E-state index in [1.165, 1.54) is 0 Å². The number of hydrogen-bond donors (Lipinski definition) is 1. The molecule has 1 saturated heterocycles. The van der Waals surface area contributed by atoms with Gasteiger partial charge in [0.1, 0.15) is 5.68 Å². The standard InChI is InChI=1S/C12H16BNO2/c1-4-6-9(5-2)13-12(16)11-8(3)7-10(15)14-11/h4-6,8,11,13H,1-2,7H2,3H3,(H,14,15)/b9-6+. The van der Waals surface area contributed by atoms with Crippen LogP contribution in [0, 0.1) is 5.92 Å². The van der Waals surface area contributed by atoms with Crippen LogP contribution in [0.2, 0.25) is 0 Å². The Labute approximate surface area is 96.5 Å². The van der Waals surface area contributed by atoms with Crippen LogP contribution in [0.3, 0.4) is 0 Å². The maximum absolute atomic E-state index is 11.9. The third kappa shape index (κ3) is 2.96. The molecule has 1 aliphatic heterocycles. The lowest BCUT2D eigenvalue weighted by atomic mass is 9.62. The second-order valence-electron chi connectivity index (χ2n) is 4.05. The summed E-state index contributed by atoms with van der Waals surface area (Å²) < 4.78 is 0.